The first-order chi connectivity index (χ1) is 10.1. The molecule has 0 N–H and O–H groups in total. The van der Waals surface area contributed by atoms with E-state index in [1.165, 1.54) is 18.3 Å². The molecule has 0 unspecified atom stereocenters. The highest BCUT2D eigenvalue weighted by atomic mass is 32.1. The molecule has 3 aromatic rings. The summed E-state index contributed by atoms with van der Waals surface area (Å²) >= 11 is 1.53. The molecule has 4 heteroatoms. The van der Waals surface area contributed by atoms with E-state index in [9.17, 15) is 9.59 Å². The van der Waals surface area contributed by atoms with E-state index in [1.54, 1.807) is 24.3 Å². The van der Waals surface area contributed by atoms with Crippen molar-refractivity contribution in [1.82, 2.24) is 0 Å². The Labute approximate surface area is 125 Å². The molecule has 0 spiro atoms. The van der Waals surface area contributed by atoms with Gasteiger partial charge < -0.3 is 4.74 Å². The summed E-state index contributed by atoms with van der Waals surface area (Å²) in [5.74, 6) is -0.0109. The van der Waals surface area contributed by atoms with E-state index in [1.807, 2.05) is 18.2 Å². The summed E-state index contributed by atoms with van der Waals surface area (Å²) in [6.45, 7) is 5.08. The molecular formula is C17H12O3S. The number of hydrogen-bond acceptors (Lipinski definition) is 4. The second-order valence-corrected chi connectivity index (χ2v) is 5.73. The third-order valence-electron chi connectivity index (χ3n) is 3.16. The Morgan fingerprint density at radius 1 is 1.14 bits per heavy atom. The molecule has 0 saturated heterocycles. The first-order valence-corrected chi connectivity index (χ1v) is 7.21. The second kappa shape index (κ2) is 5.14. The van der Waals surface area contributed by atoms with Gasteiger partial charge in [-0.1, -0.05) is 18.7 Å². The minimum absolute atomic E-state index is 0.0524. The van der Waals surface area contributed by atoms with Crippen LogP contribution in [-0.4, -0.2) is 5.97 Å². The van der Waals surface area contributed by atoms with Gasteiger partial charge in [-0.2, -0.15) is 0 Å². The predicted molar refractivity (Wildman–Crippen MR) is 87.0 cm³/mol. The minimum Gasteiger partial charge on any atom is -0.427 e. The van der Waals surface area contributed by atoms with Crippen molar-refractivity contribution in [2.24, 2.45) is 0 Å². The van der Waals surface area contributed by atoms with Gasteiger partial charge >= 0.3 is 5.97 Å². The number of benzene rings is 2. The van der Waals surface area contributed by atoms with Gasteiger partial charge in [-0.05, 0) is 35.9 Å². The highest BCUT2D eigenvalue weighted by molar-refractivity contribution is 7.24. The monoisotopic (exact) mass is 296 g/mol. The summed E-state index contributed by atoms with van der Waals surface area (Å²) in [5, 5.41) is 1.23. The fourth-order valence-corrected chi connectivity index (χ4v) is 3.31. The molecule has 1 aromatic heterocycles. The van der Waals surface area contributed by atoms with Crippen LogP contribution in [0.3, 0.4) is 0 Å². The number of ether oxygens (including phenoxy) is 1. The van der Waals surface area contributed by atoms with Crippen molar-refractivity contribution >= 4 is 43.6 Å². The van der Waals surface area contributed by atoms with Crippen molar-refractivity contribution in [2.45, 2.75) is 6.92 Å². The second-order valence-electron chi connectivity index (χ2n) is 4.64. The fraction of sp³-hybridized carbons (Fsp3) is 0.0588. The van der Waals surface area contributed by atoms with Crippen molar-refractivity contribution < 1.29 is 9.53 Å². The minimum atomic E-state index is -0.401. The number of fused-ring (bicyclic) bond motifs is 2. The number of esters is 1. The molecule has 104 valence electrons. The zero-order valence-electron chi connectivity index (χ0n) is 11.4. The zero-order valence-corrected chi connectivity index (χ0v) is 12.2. The summed E-state index contributed by atoms with van der Waals surface area (Å²) in [5.41, 5.74) is 0.928. The summed E-state index contributed by atoms with van der Waals surface area (Å²) < 4.78 is 6.83. The highest BCUT2D eigenvalue weighted by Crippen LogP contribution is 2.28. The molecule has 3 rings (SSSR count). The zero-order chi connectivity index (χ0) is 15.0. The van der Waals surface area contributed by atoms with Crippen LogP contribution in [0, 0.1) is 0 Å². The SMILES string of the molecule is C=Cc1ccc2c(=O)c3cc(OC(C)=O)ccc3sc2c1. The van der Waals surface area contributed by atoms with E-state index >= 15 is 0 Å². The molecule has 0 aliphatic heterocycles. The summed E-state index contributed by atoms with van der Waals surface area (Å²) in [4.78, 5) is 23.6. The lowest BCUT2D eigenvalue weighted by molar-refractivity contribution is -0.131. The molecular weight excluding hydrogens is 284 g/mol. The Morgan fingerprint density at radius 3 is 2.67 bits per heavy atom. The predicted octanol–water partition coefficient (Wildman–Crippen LogP) is 3.98. The summed E-state index contributed by atoms with van der Waals surface area (Å²) in [6.07, 6.45) is 1.75. The Bertz CT molecular complexity index is 938. The van der Waals surface area contributed by atoms with Gasteiger partial charge in [0, 0.05) is 27.1 Å². The van der Waals surface area contributed by atoms with Crippen LogP contribution in [-0.2, 0) is 4.79 Å². The maximum atomic E-state index is 12.6. The van der Waals surface area contributed by atoms with Gasteiger partial charge in [-0.25, -0.2) is 0 Å². The normalized spacial score (nSPS) is 10.7. The third-order valence-corrected chi connectivity index (χ3v) is 4.30. The molecule has 0 aliphatic carbocycles. The van der Waals surface area contributed by atoms with E-state index in [-0.39, 0.29) is 5.43 Å². The molecule has 21 heavy (non-hydrogen) atoms. The number of carbonyl (C=O) groups is 1. The van der Waals surface area contributed by atoms with Crippen LogP contribution in [0.5, 0.6) is 5.75 Å². The smallest absolute Gasteiger partial charge is 0.308 e. The van der Waals surface area contributed by atoms with Crippen molar-refractivity contribution in [3.05, 3.63) is 58.8 Å². The van der Waals surface area contributed by atoms with Crippen molar-refractivity contribution in [3.8, 4) is 5.75 Å². The average molecular weight is 296 g/mol. The van der Waals surface area contributed by atoms with Crippen LogP contribution in [0.4, 0.5) is 0 Å². The van der Waals surface area contributed by atoms with E-state index in [0.717, 1.165) is 15.0 Å². The summed E-state index contributed by atoms with van der Waals surface area (Å²) in [6, 6.07) is 10.8. The highest BCUT2D eigenvalue weighted by Gasteiger charge is 2.08. The molecule has 0 bridgehead atoms. The Balaban J connectivity index is 2.31. The van der Waals surface area contributed by atoms with E-state index in [4.69, 9.17) is 4.74 Å². The van der Waals surface area contributed by atoms with Gasteiger partial charge in [0.25, 0.3) is 0 Å². The number of carbonyl (C=O) groups excluding carboxylic acids is 1. The van der Waals surface area contributed by atoms with E-state index in [2.05, 4.69) is 6.58 Å². The Morgan fingerprint density at radius 2 is 1.95 bits per heavy atom. The average Bonchev–Trinajstić information content (AvgIpc) is 2.47. The third kappa shape index (κ3) is 2.45. The largest absolute Gasteiger partial charge is 0.427 e. The van der Waals surface area contributed by atoms with Gasteiger partial charge in [0.1, 0.15) is 5.75 Å². The maximum absolute atomic E-state index is 12.6. The van der Waals surface area contributed by atoms with Crippen LogP contribution >= 0.6 is 11.3 Å². The lowest BCUT2D eigenvalue weighted by Crippen LogP contribution is -2.04. The molecule has 1 heterocycles. The molecule has 0 fully saturated rings. The van der Waals surface area contributed by atoms with Crippen LogP contribution in [0.2, 0.25) is 0 Å². The van der Waals surface area contributed by atoms with Gasteiger partial charge in [-0.15, -0.1) is 11.3 Å². The molecule has 0 atom stereocenters. The Hall–Kier alpha value is -2.46. The van der Waals surface area contributed by atoms with Crippen molar-refractivity contribution in [2.75, 3.05) is 0 Å². The molecule has 0 aliphatic rings. The van der Waals surface area contributed by atoms with Gasteiger partial charge in [-0.3, -0.25) is 9.59 Å². The molecule has 0 radical (unpaired) electrons. The van der Waals surface area contributed by atoms with E-state index in [0.29, 0.717) is 16.5 Å². The molecule has 0 saturated carbocycles. The van der Waals surface area contributed by atoms with Gasteiger partial charge in [0.05, 0.1) is 0 Å². The van der Waals surface area contributed by atoms with Gasteiger partial charge in [0.15, 0.2) is 5.43 Å². The van der Waals surface area contributed by atoms with Crippen molar-refractivity contribution in [3.63, 3.8) is 0 Å². The standard InChI is InChI=1S/C17H12O3S/c1-3-11-4-6-13-16(8-11)21-15-7-5-12(20-10(2)18)9-14(15)17(13)19/h3-9H,1H2,2H3. The lowest BCUT2D eigenvalue weighted by Gasteiger charge is -2.05. The summed E-state index contributed by atoms with van der Waals surface area (Å²) in [7, 11) is 0. The van der Waals surface area contributed by atoms with Crippen LogP contribution in [0.25, 0.3) is 26.2 Å². The van der Waals surface area contributed by atoms with Crippen molar-refractivity contribution in [1.29, 1.82) is 0 Å². The first kappa shape index (κ1) is 13.5. The molecule has 3 nitrogen and oxygen atoms in total. The van der Waals surface area contributed by atoms with Crippen LogP contribution in [0.1, 0.15) is 12.5 Å². The number of rotatable bonds is 2. The quantitative estimate of drug-likeness (QED) is 0.408. The van der Waals surface area contributed by atoms with E-state index < -0.39 is 5.97 Å². The Kier molecular flexibility index (Phi) is 3.31. The van der Waals surface area contributed by atoms with Crippen LogP contribution in [0.15, 0.2) is 47.8 Å². The molecule has 2 aromatic carbocycles. The number of hydrogen-bond donors (Lipinski definition) is 0. The topological polar surface area (TPSA) is 43.4 Å². The van der Waals surface area contributed by atoms with Crippen LogP contribution < -0.4 is 10.2 Å². The first-order valence-electron chi connectivity index (χ1n) is 6.40. The fourth-order valence-electron chi connectivity index (χ4n) is 2.21. The lowest BCUT2D eigenvalue weighted by atomic mass is 10.1. The van der Waals surface area contributed by atoms with Gasteiger partial charge in [0.2, 0.25) is 0 Å². The molecule has 0 amide bonds. The maximum Gasteiger partial charge on any atom is 0.308 e.